The van der Waals surface area contributed by atoms with Crippen molar-refractivity contribution in [1.29, 1.82) is 0 Å². The molecule has 3 aromatic rings. The van der Waals surface area contributed by atoms with Crippen LogP contribution in [0.3, 0.4) is 0 Å². The second kappa shape index (κ2) is 9.06. The Morgan fingerprint density at radius 1 is 1.06 bits per heavy atom. The van der Waals surface area contributed by atoms with E-state index in [-0.39, 0.29) is 25.3 Å². The number of hydrogen-bond donors (Lipinski definition) is 1. The lowest BCUT2D eigenvalue weighted by molar-refractivity contribution is -0.124. The minimum Gasteiger partial charge on any atom is -0.454 e. The van der Waals surface area contributed by atoms with Crippen molar-refractivity contribution >= 4 is 34.4 Å². The highest BCUT2D eigenvalue weighted by Gasteiger charge is 2.28. The summed E-state index contributed by atoms with van der Waals surface area (Å²) in [5.74, 6) is 0.740. The number of pyridine rings is 1. The van der Waals surface area contributed by atoms with Gasteiger partial charge in [0.1, 0.15) is 0 Å². The number of ether oxygens (including phenoxy) is 3. The molecule has 1 fully saturated rings. The van der Waals surface area contributed by atoms with Gasteiger partial charge in [0.2, 0.25) is 6.79 Å². The lowest BCUT2D eigenvalue weighted by Gasteiger charge is -2.14. The molecular formula is C28H26N2O5. The molecular weight excluding hydrogens is 444 g/mol. The summed E-state index contributed by atoms with van der Waals surface area (Å²) in [6.07, 6.45) is 7.75. The number of hydrogen-bond acceptors (Lipinski definition) is 6. The number of para-hydroxylation sites is 1. The highest BCUT2D eigenvalue weighted by atomic mass is 16.7. The van der Waals surface area contributed by atoms with E-state index >= 15 is 0 Å². The molecule has 2 aliphatic carbocycles. The molecule has 3 aliphatic rings. The smallest absolute Gasteiger partial charge is 0.339 e. The summed E-state index contributed by atoms with van der Waals surface area (Å²) in [4.78, 5) is 30.5. The third-order valence-corrected chi connectivity index (χ3v) is 6.94. The fourth-order valence-corrected chi connectivity index (χ4v) is 5.26. The molecule has 1 aliphatic heterocycles. The maximum atomic E-state index is 13.3. The number of allylic oxidation sites excluding steroid dienone is 1. The largest absolute Gasteiger partial charge is 0.454 e. The predicted molar refractivity (Wildman–Crippen MR) is 131 cm³/mol. The van der Waals surface area contributed by atoms with E-state index in [1.54, 1.807) is 0 Å². The van der Waals surface area contributed by atoms with Crippen molar-refractivity contribution in [1.82, 2.24) is 10.3 Å². The summed E-state index contributed by atoms with van der Waals surface area (Å²) in [5.41, 5.74) is 4.96. The molecule has 1 N–H and O–H groups in total. The molecule has 0 bridgehead atoms. The third kappa shape index (κ3) is 4.22. The van der Waals surface area contributed by atoms with E-state index in [2.05, 4.69) is 11.4 Å². The molecule has 6 rings (SSSR count). The van der Waals surface area contributed by atoms with Crippen LogP contribution in [0.2, 0.25) is 0 Å². The van der Waals surface area contributed by atoms with Crippen LogP contribution < -0.4 is 14.8 Å². The summed E-state index contributed by atoms with van der Waals surface area (Å²) >= 11 is 0. The maximum absolute atomic E-state index is 13.3. The topological polar surface area (TPSA) is 86.8 Å². The summed E-state index contributed by atoms with van der Waals surface area (Å²) in [6.45, 7) is -0.0451. The van der Waals surface area contributed by atoms with Gasteiger partial charge in [-0.05, 0) is 66.7 Å². The van der Waals surface area contributed by atoms with Gasteiger partial charge in [-0.25, -0.2) is 9.78 Å². The number of nitrogens with one attached hydrogen (secondary N) is 1. The Morgan fingerprint density at radius 2 is 1.89 bits per heavy atom. The molecule has 1 saturated carbocycles. The van der Waals surface area contributed by atoms with Crippen LogP contribution in [0.1, 0.15) is 59.3 Å². The maximum Gasteiger partial charge on any atom is 0.339 e. The number of rotatable bonds is 5. The zero-order chi connectivity index (χ0) is 23.8. The van der Waals surface area contributed by atoms with Gasteiger partial charge in [0.15, 0.2) is 18.1 Å². The minimum absolute atomic E-state index is 0.191. The van der Waals surface area contributed by atoms with Crippen molar-refractivity contribution in [2.24, 2.45) is 0 Å². The molecule has 0 saturated heterocycles. The van der Waals surface area contributed by atoms with Gasteiger partial charge in [-0.1, -0.05) is 37.1 Å². The molecule has 7 heteroatoms. The van der Waals surface area contributed by atoms with E-state index in [9.17, 15) is 9.59 Å². The fourth-order valence-electron chi connectivity index (χ4n) is 5.26. The average Bonchev–Trinajstić information content (AvgIpc) is 3.63. The second-order valence-electron chi connectivity index (χ2n) is 9.24. The summed E-state index contributed by atoms with van der Waals surface area (Å²) in [6, 6.07) is 13.6. The number of esters is 1. The van der Waals surface area contributed by atoms with Crippen LogP contribution in [-0.2, 0) is 16.0 Å². The molecule has 0 radical (unpaired) electrons. The van der Waals surface area contributed by atoms with Crippen LogP contribution in [-0.4, -0.2) is 36.3 Å². The van der Waals surface area contributed by atoms with Crippen LogP contribution >= 0.6 is 0 Å². The van der Waals surface area contributed by atoms with Gasteiger partial charge < -0.3 is 19.5 Å². The summed E-state index contributed by atoms with van der Waals surface area (Å²) < 4.78 is 16.4. The fraction of sp³-hybridized carbons (Fsp3) is 0.321. The highest BCUT2D eigenvalue weighted by molar-refractivity contribution is 6.07. The number of amides is 1. The third-order valence-electron chi connectivity index (χ3n) is 6.94. The van der Waals surface area contributed by atoms with Crippen molar-refractivity contribution in [2.45, 2.75) is 44.6 Å². The Labute approximate surface area is 203 Å². The van der Waals surface area contributed by atoms with Crippen molar-refractivity contribution in [3.8, 4) is 11.5 Å². The molecule has 1 amide bonds. The average molecular weight is 471 g/mol. The van der Waals surface area contributed by atoms with Crippen molar-refractivity contribution < 1.29 is 23.8 Å². The molecule has 1 aromatic heterocycles. The molecule has 178 valence electrons. The number of benzene rings is 2. The van der Waals surface area contributed by atoms with Crippen LogP contribution in [0.15, 0.2) is 42.5 Å². The SMILES string of the molecule is O=C(COC(=O)c1c2c(nc3ccccc13)C(=Cc1ccc3c(c1)OCO3)CC2)NC1CCCC1. The van der Waals surface area contributed by atoms with Gasteiger partial charge in [0, 0.05) is 11.4 Å². The normalized spacial score (nSPS) is 17.7. The van der Waals surface area contributed by atoms with E-state index in [1.165, 1.54) is 0 Å². The first-order chi connectivity index (χ1) is 17.2. The van der Waals surface area contributed by atoms with E-state index < -0.39 is 5.97 Å². The van der Waals surface area contributed by atoms with E-state index in [1.807, 2.05) is 42.5 Å². The highest BCUT2D eigenvalue weighted by Crippen LogP contribution is 2.39. The Bertz CT molecular complexity index is 1360. The van der Waals surface area contributed by atoms with Gasteiger partial charge >= 0.3 is 5.97 Å². The molecule has 0 atom stereocenters. The minimum atomic E-state index is -0.481. The number of aromatic nitrogens is 1. The van der Waals surface area contributed by atoms with E-state index in [0.29, 0.717) is 12.0 Å². The Morgan fingerprint density at radius 3 is 2.77 bits per heavy atom. The van der Waals surface area contributed by atoms with Crippen LogP contribution in [0, 0.1) is 0 Å². The quantitative estimate of drug-likeness (QED) is 0.546. The molecule has 35 heavy (non-hydrogen) atoms. The first-order valence-corrected chi connectivity index (χ1v) is 12.1. The first-order valence-electron chi connectivity index (χ1n) is 12.1. The lowest BCUT2D eigenvalue weighted by Crippen LogP contribution is -2.36. The Hall–Kier alpha value is -3.87. The molecule has 2 heterocycles. The zero-order valence-electron chi connectivity index (χ0n) is 19.3. The molecule has 0 unspecified atom stereocenters. The van der Waals surface area contributed by atoms with Gasteiger partial charge in [-0.2, -0.15) is 0 Å². The molecule has 2 aromatic carbocycles. The van der Waals surface area contributed by atoms with Gasteiger partial charge in [0.25, 0.3) is 5.91 Å². The monoisotopic (exact) mass is 470 g/mol. The van der Waals surface area contributed by atoms with Crippen LogP contribution in [0.5, 0.6) is 11.5 Å². The molecule has 0 spiro atoms. The number of fused-ring (bicyclic) bond motifs is 3. The zero-order valence-corrected chi connectivity index (χ0v) is 19.3. The van der Waals surface area contributed by atoms with Crippen molar-refractivity contribution in [3.63, 3.8) is 0 Å². The van der Waals surface area contributed by atoms with Gasteiger partial charge in [0.05, 0.1) is 16.8 Å². The Balaban J connectivity index is 1.30. The standard InChI is InChI=1S/C28H26N2O5/c31-25(29-19-5-1-2-6-19)15-33-28(32)26-20-7-3-4-8-22(20)30-27-18(10-11-21(26)27)13-17-9-12-23-24(14-17)35-16-34-23/h3-4,7-9,12-14,19H,1-2,5-6,10-11,15-16H2,(H,29,31). The number of carbonyl (C=O) groups excluding carboxylic acids is 2. The van der Waals surface area contributed by atoms with Crippen LogP contribution in [0.4, 0.5) is 0 Å². The lowest BCUT2D eigenvalue weighted by atomic mass is 10.0. The predicted octanol–water partition coefficient (Wildman–Crippen LogP) is 4.67. The number of carbonyl (C=O) groups is 2. The Kier molecular flexibility index (Phi) is 5.60. The van der Waals surface area contributed by atoms with Crippen molar-refractivity contribution in [3.05, 3.63) is 64.8 Å². The molecule has 7 nitrogen and oxygen atoms in total. The number of nitrogens with zero attached hydrogens (tertiary/aromatic N) is 1. The van der Waals surface area contributed by atoms with E-state index in [4.69, 9.17) is 19.2 Å². The van der Waals surface area contributed by atoms with Crippen molar-refractivity contribution in [2.75, 3.05) is 13.4 Å². The summed E-state index contributed by atoms with van der Waals surface area (Å²) in [5, 5.41) is 3.72. The van der Waals surface area contributed by atoms with Gasteiger partial charge in [-0.3, -0.25) is 4.79 Å². The summed E-state index contributed by atoms with van der Waals surface area (Å²) in [7, 11) is 0. The van der Waals surface area contributed by atoms with Gasteiger partial charge in [-0.15, -0.1) is 0 Å². The second-order valence-corrected chi connectivity index (χ2v) is 9.24. The van der Waals surface area contributed by atoms with Crippen LogP contribution in [0.25, 0.3) is 22.6 Å². The van der Waals surface area contributed by atoms with E-state index in [0.717, 1.165) is 76.9 Å². The first kappa shape index (κ1) is 21.6.